The third-order valence-electron chi connectivity index (χ3n) is 3.91. The van der Waals surface area contributed by atoms with Gasteiger partial charge in [0.1, 0.15) is 0 Å². The van der Waals surface area contributed by atoms with Crippen LogP contribution in [0.25, 0.3) is 0 Å². The average Bonchev–Trinajstić information content (AvgIpc) is 3.17. The molecule has 0 heterocycles. The monoisotopic (exact) mass is 232 g/mol. The van der Waals surface area contributed by atoms with E-state index >= 15 is 0 Å². The van der Waals surface area contributed by atoms with E-state index in [1.165, 1.54) is 18.4 Å². The van der Waals surface area contributed by atoms with Gasteiger partial charge in [-0.05, 0) is 32.0 Å². The van der Waals surface area contributed by atoms with E-state index in [1.54, 1.807) is 0 Å². The minimum Gasteiger partial charge on any atom is -0.315 e. The lowest BCUT2D eigenvalue weighted by Crippen LogP contribution is -2.33. The van der Waals surface area contributed by atoms with Crippen molar-refractivity contribution in [3.05, 3.63) is 35.9 Å². The Balaban J connectivity index is 1.76. The SMILES string of the molecule is CCN(C)CCNCC1(c2ccccc2)CC1. The van der Waals surface area contributed by atoms with Crippen LogP contribution in [0, 0.1) is 0 Å². The largest absolute Gasteiger partial charge is 0.315 e. The molecule has 94 valence electrons. The van der Waals surface area contributed by atoms with Crippen LogP contribution in [0.3, 0.4) is 0 Å². The summed E-state index contributed by atoms with van der Waals surface area (Å²) in [5.74, 6) is 0. The highest BCUT2D eigenvalue weighted by molar-refractivity contribution is 5.31. The smallest absolute Gasteiger partial charge is 0.0104 e. The lowest BCUT2D eigenvalue weighted by Gasteiger charge is -2.18. The molecule has 1 aromatic rings. The minimum atomic E-state index is 0.450. The van der Waals surface area contributed by atoms with Crippen LogP contribution < -0.4 is 5.32 Å². The van der Waals surface area contributed by atoms with E-state index in [4.69, 9.17) is 0 Å². The molecule has 1 N–H and O–H groups in total. The van der Waals surface area contributed by atoms with Crippen LogP contribution in [-0.4, -0.2) is 38.1 Å². The number of likely N-dealkylation sites (N-methyl/N-ethyl adjacent to an activating group) is 1. The summed E-state index contributed by atoms with van der Waals surface area (Å²) in [6, 6.07) is 10.9. The summed E-state index contributed by atoms with van der Waals surface area (Å²) in [5.41, 5.74) is 1.96. The molecule has 0 bridgehead atoms. The quantitative estimate of drug-likeness (QED) is 0.725. The summed E-state index contributed by atoms with van der Waals surface area (Å²) in [6.45, 7) is 6.70. The summed E-state index contributed by atoms with van der Waals surface area (Å²) in [6.07, 6.45) is 2.68. The Labute approximate surface area is 105 Å². The Morgan fingerprint density at radius 1 is 1.24 bits per heavy atom. The molecule has 1 aromatic carbocycles. The number of hydrogen-bond donors (Lipinski definition) is 1. The van der Waals surface area contributed by atoms with Crippen molar-refractivity contribution in [1.82, 2.24) is 10.2 Å². The molecule has 2 rings (SSSR count). The number of nitrogens with one attached hydrogen (secondary N) is 1. The van der Waals surface area contributed by atoms with Crippen molar-refractivity contribution in [2.75, 3.05) is 33.2 Å². The summed E-state index contributed by atoms with van der Waals surface area (Å²) in [7, 11) is 2.17. The zero-order valence-electron chi connectivity index (χ0n) is 11.1. The molecule has 1 fully saturated rings. The average molecular weight is 232 g/mol. The molecule has 0 aliphatic heterocycles. The van der Waals surface area contributed by atoms with E-state index < -0.39 is 0 Å². The van der Waals surface area contributed by atoms with E-state index in [2.05, 4.69) is 54.5 Å². The van der Waals surface area contributed by atoms with Gasteiger partial charge in [-0.3, -0.25) is 0 Å². The standard InChI is InChI=1S/C15H24N2/c1-3-17(2)12-11-16-13-15(9-10-15)14-7-5-4-6-8-14/h4-8,16H,3,9-13H2,1-2H3. The lowest BCUT2D eigenvalue weighted by molar-refractivity contribution is 0.346. The highest BCUT2D eigenvalue weighted by atomic mass is 15.1. The fourth-order valence-electron chi connectivity index (χ4n) is 2.27. The van der Waals surface area contributed by atoms with Crippen LogP contribution >= 0.6 is 0 Å². The summed E-state index contributed by atoms with van der Waals surface area (Å²) in [4.78, 5) is 2.34. The Kier molecular flexibility index (Phi) is 4.19. The molecule has 1 saturated carbocycles. The van der Waals surface area contributed by atoms with Crippen LogP contribution in [0.2, 0.25) is 0 Å². The molecule has 0 aromatic heterocycles. The van der Waals surface area contributed by atoms with Gasteiger partial charge in [-0.1, -0.05) is 37.3 Å². The molecule has 0 unspecified atom stereocenters. The van der Waals surface area contributed by atoms with Crippen molar-refractivity contribution in [1.29, 1.82) is 0 Å². The fraction of sp³-hybridized carbons (Fsp3) is 0.600. The predicted molar refractivity (Wildman–Crippen MR) is 73.4 cm³/mol. The zero-order chi connectivity index (χ0) is 12.1. The summed E-state index contributed by atoms with van der Waals surface area (Å²) >= 11 is 0. The first-order valence-electron chi connectivity index (χ1n) is 6.72. The van der Waals surface area contributed by atoms with Gasteiger partial charge in [-0.25, -0.2) is 0 Å². The van der Waals surface area contributed by atoms with Gasteiger partial charge in [0.15, 0.2) is 0 Å². The Morgan fingerprint density at radius 2 is 1.94 bits per heavy atom. The van der Waals surface area contributed by atoms with Gasteiger partial charge >= 0.3 is 0 Å². The first kappa shape index (κ1) is 12.6. The molecule has 0 atom stereocenters. The van der Waals surface area contributed by atoms with E-state index in [0.29, 0.717) is 5.41 Å². The molecule has 0 amide bonds. The molecule has 17 heavy (non-hydrogen) atoms. The highest BCUT2D eigenvalue weighted by Crippen LogP contribution is 2.47. The molecular formula is C15H24N2. The zero-order valence-corrected chi connectivity index (χ0v) is 11.1. The summed E-state index contributed by atoms with van der Waals surface area (Å²) < 4.78 is 0. The van der Waals surface area contributed by atoms with Crippen LogP contribution in [0.5, 0.6) is 0 Å². The summed E-state index contributed by atoms with van der Waals surface area (Å²) in [5, 5.41) is 3.61. The van der Waals surface area contributed by atoms with Crippen molar-refractivity contribution >= 4 is 0 Å². The van der Waals surface area contributed by atoms with E-state index in [0.717, 1.165) is 26.2 Å². The van der Waals surface area contributed by atoms with E-state index in [-0.39, 0.29) is 0 Å². The molecule has 1 aliphatic carbocycles. The van der Waals surface area contributed by atoms with Gasteiger partial charge in [-0.2, -0.15) is 0 Å². The van der Waals surface area contributed by atoms with Crippen LogP contribution in [0.1, 0.15) is 25.3 Å². The Morgan fingerprint density at radius 3 is 2.53 bits per heavy atom. The van der Waals surface area contributed by atoms with Crippen molar-refractivity contribution < 1.29 is 0 Å². The second-order valence-corrected chi connectivity index (χ2v) is 5.22. The fourth-order valence-corrected chi connectivity index (χ4v) is 2.27. The van der Waals surface area contributed by atoms with Gasteiger partial charge in [0.2, 0.25) is 0 Å². The normalized spacial score (nSPS) is 17.4. The first-order valence-corrected chi connectivity index (χ1v) is 6.72. The van der Waals surface area contributed by atoms with Gasteiger partial charge in [0.25, 0.3) is 0 Å². The Hall–Kier alpha value is -0.860. The van der Waals surface area contributed by atoms with Crippen LogP contribution in [0.15, 0.2) is 30.3 Å². The first-order chi connectivity index (χ1) is 8.27. The molecule has 0 spiro atoms. The highest BCUT2D eigenvalue weighted by Gasteiger charge is 2.43. The molecule has 2 nitrogen and oxygen atoms in total. The third kappa shape index (κ3) is 3.30. The van der Waals surface area contributed by atoms with Gasteiger partial charge < -0.3 is 10.2 Å². The van der Waals surface area contributed by atoms with Crippen LogP contribution in [-0.2, 0) is 5.41 Å². The van der Waals surface area contributed by atoms with Gasteiger partial charge in [0, 0.05) is 25.0 Å². The van der Waals surface area contributed by atoms with Crippen LogP contribution in [0.4, 0.5) is 0 Å². The number of nitrogens with zero attached hydrogens (tertiary/aromatic N) is 1. The number of hydrogen-bond acceptors (Lipinski definition) is 2. The number of benzene rings is 1. The maximum absolute atomic E-state index is 3.61. The van der Waals surface area contributed by atoms with Crippen molar-refractivity contribution in [2.45, 2.75) is 25.2 Å². The van der Waals surface area contributed by atoms with Crippen molar-refractivity contribution in [2.24, 2.45) is 0 Å². The maximum atomic E-state index is 3.61. The molecule has 1 aliphatic rings. The molecule has 0 saturated heterocycles. The van der Waals surface area contributed by atoms with Gasteiger partial charge in [-0.15, -0.1) is 0 Å². The van der Waals surface area contributed by atoms with Gasteiger partial charge in [0.05, 0.1) is 0 Å². The topological polar surface area (TPSA) is 15.3 Å². The lowest BCUT2D eigenvalue weighted by atomic mass is 9.96. The Bertz CT molecular complexity index is 330. The minimum absolute atomic E-state index is 0.450. The van der Waals surface area contributed by atoms with Crippen molar-refractivity contribution in [3.63, 3.8) is 0 Å². The predicted octanol–water partition coefficient (Wildman–Crippen LogP) is 2.26. The second kappa shape index (κ2) is 5.65. The van der Waals surface area contributed by atoms with E-state index in [1.807, 2.05) is 0 Å². The van der Waals surface area contributed by atoms with E-state index in [9.17, 15) is 0 Å². The molecule has 0 radical (unpaired) electrons. The second-order valence-electron chi connectivity index (χ2n) is 5.22. The van der Waals surface area contributed by atoms with Crippen molar-refractivity contribution in [3.8, 4) is 0 Å². The third-order valence-corrected chi connectivity index (χ3v) is 3.91. The molecule has 2 heteroatoms. The maximum Gasteiger partial charge on any atom is 0.0104 e. The number of rotatable bonds is 7. The molecular weight excluding hydrogens is 208 g/mol.